The first-order valence-electron chi connectivity index (χ1n) is 7.30. The standard InChI is InChI=1S/C16H19N3O2/c1-2-19-11-12(9-17-19)10-18-7-3-4-13-8-14(16(20)21)5-6-15(13)18/h5-6,8-9,11H,2-4,7,10H2,1H3,(H,20,21). The van der Waals surface area contributed by atoms with Crippen LogP contribution in [0.3, 0.4) is 0 Å². The van der Waals surface area contributed by atoms with E-state index in [2.05, 4.69) is 23.1 Å². The molecular formula is C16H19N3O2. The third-order valence-corrected chi connectivity index (χ3v) is 3.93. The molecular weight excluding hydrogens is 266 g/mol. The smallest absolute Gasteiger partial charge is 0.335 e. The second kappa shape index (κ2) is 5.60. The third-order valence-electron chi connectivity index (χ3n) is 3.93. The van der Waals surface area contributed by atoms with Crippen molar-refractivity contribution in [2.24, 2.45) is 0 Å². The van der Waals surface area contributed by atoms with E-state index in [1.165, 1.54) is 5.56 Å². The molecule has 2 aromatic rings. The summed E-state index contributed by atoms with van der Waals surface area (Å²) in [5.41, 5.74) is 3.83. The van der Waals surface area contributed by atoms with Crippen molar-refractivity contribution in [3.05, 3.63) is 47.3 Å². The lowest BCUT2D eigenvalue weighted by atomic mass is 9.99. The number of anilines is 1. The summed E-state index contributed by atoms with van der Waals surface area (Å²) < 4.78 is 1.92. The van der Waals surface area contributed by atoms with E-state index in [0.717, 1.165) is 43.7 Å². The number of aromatic carboxylic acids is 1. The van der Waals surface area contributed by atoms with Gasteiger partial charge in [0.2, 0.25) is 0 Å². The highest BCUT2D eigenvalue weighted by Gasteiger charge is 2.19. The molecule has 0 aliphatic carbocycles. The highest BCUT2D eigenvalue weighted by molar-refractivity contribution is 5.88. The number of carboxylic acids is 1. The van der Waals surface area contributed by atoms with Crippen LogP contribution in [0.15, 0.2) is 30.6 Å². The molecule has 2 heterocycles. The van der Waals surface area contributed by atoms with Crippen LogP contribution in [0.5, 0.6) is 0 Å². The van der Waals surface area contributed by atoms with Crippen molar-refractivity contribution >= 4 is 11.7 Å². The molecule has 0 saturated carbocycles. The Morgan fingerprint density at radius 3 is 3.00 bits per heavy atom. The third kappa shape index (κ3) is 2.77. The molecule has 1 N–H and O–H groups in total. The second-order valence-corrected chi connectivity index (χ2v) is 5.38. The Labute approximate surface area is 123 Å². The summed E-state index contributed by atoms with van der Waals surface area (Å²) >= 11 is 0. The Kier molecular flexibility index (Phi) is 3.64. The van der Waals surface area contributed by atoms with Gasteiger partial charge in [0.1, 0.15) is 0 Å². The van der Waals surface area contributed by atoms with Crippen LogP contribution < -0.4 is 4.90 Å². The van der Waals surface area contributed by atoms with Gasteiger partial charge in [0.05, 0.1) is 11.8 Å². The molecule has 1 aliphatic rings. The lowest BCUT2D eigenvalue weighted by Crippen LogP contribution is -2.28. The number of rotatable bonds is 4. The fourth-order valence-corrected chi connectivity index (χ4v) is 2.85. The number of aromatic nitrogens is 2. The lowest BCUT2D eigenvalue weighted by Gasteiger charge is -2.31. The number of carboxylic acid groups (broad SMARTS) is 1. The quantitative estimate of drug-likeness (QED) is 0.938. The van der Waals surface area contributed by atoms with E-state index in [1.807, 2.05) is 16.9 Å². The van der Waals surface area contributed by atoms with Crippen molar-refractivity contribution in [1.29, 1.82) is 0 Å². The monoisotopic (exact) mass is 285 g/mol. The zero-order valence-corrected chi connectivity index (χ0v) is 12.1. The number of hydrogen-bond donors (Lipinski definition) is 1. The molecule has 0 saturated heterocycles. The van der Waals surface area contributed by atoms with Gasteiger partial charge in [-0.2, -0.15) is 5.10 Å². The summed E-state index contributed by atoms with van der Waals surface area (Å²) in [4.78, 5) is 13.4. The molecule has 0 radical (unpaired) electrons. The number of aryl methyl sites for hydroxylation is 2. The first-order valence-corrected chi connectivity index (χ1v) is 7.30. The van der Waals surface area contributed by atoms with Crippen LogP contribution in [0.1, 0.15) is 34.8 Å². The molecule has 21 heavy (non-hydrogen) atoms. The molecule has 5 heteroatoms. The maximum absolute atomic E-state index is 11.1. The number of benzene rings is 1. The molecule has 1 aromatic heterocycles. The van der Waals surface area contributed by atoms with Crippen molar-refractivity contribution in [2.75, 3.05) is 11.4 Å². The van der Waals surface area contributed by atoms with E-state index in [1.54, 1.807) is 12.1 Å². The molecule has 110 valence electrons. The van der Waals surface area contributed by atoms with Crippen molar-refractivity contribution in [2.45, 2.75) is 32.9 Å². The van der Waals surface area contributed by atoms with Crippen molar-refractivity contribution in [1.82, 2.24) is 9.78 Å². The molecule has 0 fully saturated rings. The van der Waals surface area contributed by atoms with E-state index in [4.69, 9.17) is 5.11 Å². The summed E-state index contributed by atoms with van der Waals surface area (Å²) in [5, 5.41) is 13.4. The fraction of sp³-hybridized carbons (Fsp3) is 0.375. The van der Waals surface area contributed by atoms with Gasteiger partial charge in [0.25, 0.3) is 0 Å². The summed E-state index contributed by atoms with van der Waals surface area (Å²) in [5.74, 6) is -0.862. The van der Waals surface area contributed by atoms with Crippen LogP contribution in [0.2, 0.25) is 0 Å². The van der Waals surface area contributed by atoms with Crippen molar-refractivity contribution < 1.29 is 9.90 Å². The average Bonchev–Trinajstić information content (AvgIpc) is 2.94. The fourth-order valence-electron chi connectivity index (χ4n) is 2.85. The number of carbonyl (C=O) groups is 1. The summed E-state index contributed by atoms with van der Waals surface area (Å²) in [6.45, 7) is 4.76. The van der Waals surface area contributed by atoms with Crippen LogP contribution in [-0.2, 0) is 19.5 Å². The minimum atomic E-state index is -0.862. The largest absolute Gasteiger partial charge is 0.478 e. The zero-order chi connectivity index (χ0) is 14.8. The molecule has 1 aliphatic heterocycles. The van der Waals surface area contributed by atoms with Crippen LogP contribution in [-0.4, -0.2) is 27.4 Å². The topological polar surface area (TPSA) is 58.4 Å². The summed E-state index contributed by atoms with van der Waals surface area (Å²) in [6.07, 6.45) is 5.97. The minimum absolute atomic E-state index is 0.370. The number of hydrogen-bond acceptors (Lipinski definition) is 3. The first kappa shape index (κ1) is 13.7. The van der Waals surface area contributed by atoms with Crippen LogP contribution in [0, 0.1) is 0 Å². The average molecular weight is 285 g/mol. The predicted octanol–water partition coefficient (Wildman–Crippen LogP) is 2.55. The van der Waals surface area contributed by atoms with Gasteiger partial charge in [0, 0.05) is 37.1 Å². The Bertz CT molecular complexity index is 663. The molecule has 1 aromatic carbocycles. The first-order chi connectivity index (χ1) is 10.2. The second-order valence-electron chi connectivity index (χ2n) is 5.38. The Morgan fingerprint density at radius 1 is 1.43 bits per heavy atom. The molecule has 0 amide bonds. The molecule has 3 rings (SSSR count). The predicted molar refractivity (Wildman–Crippen MR) is 80.7 cm³/mol. The van der Waals surface area contributed by atoms with E-state index in [0.29, 0.717) is 5.56 Å². The highest BCUT2D eigenvalue weighted by Crippen LogP contribution is 2.29. The molecule has 0 bridgehead atoms. The maximum atomic E-state index is 11.1. The van der Waals surface area contributed by atoms with E-state index in [9.17, 15) is 4.79 Å². The normalized spacial score (nSPS) is 14.0. The number of fused-ring (bicyclic) bond motifs is 1. The molecule has 5 nitrogen and oxygen atoms in total. The maximum Gasteiger partial charge on any atom is 0.335 e. The van der Waals surface area contributed by atoms with Gasteiger partial charge in [-0.05, 0) is 43.5 Å². The minimum Gasteiger partial charge on any atom is -0.478 e. The number of nitrogens with zero attached hydrogens (tertiary/aromatic N) is 3. The van der Waals surface area contributed by atoms with Gasteiger partial charge in [-0.1, -0.05) is 0 Å². The molecule has 0 spiro atoms. The van der Waals surface area contributed by atoms with Gasteiger partial charge >= 0.3 is 5.97 Å². The van der Waals surface area contributed by atoms with Crippen LogP contribution in [0.4, 0.5) is 5.69 Å². The Hall–Kier alpha value is -2.30. The van der Waals surface area contributed by atoms with Gasteiger partial charge in [-0.3, -0.25) is 4.68 Å². The summed E-state index contributed by atoms with van der Waals surface area (Å²) in [7, 11) is 0. The van der Waals surface area contributed by atoms with E-state index < -0.39 is 5.97 Å². The SMILES string of the molecule is CCn1cc(CN2CCCc3cc(C(=O)O)ccc32)cn1. The van der Waals surface area contributed by atoms with E-state index in [-0.39, 0.29) is 0 Å². The van der Waals surface area contributed by atoms with Gasteiger partial charge < -0.3 is 10.0 Å². The Balaban J connectivity index is 1.84. The Morgan fingerprint density at radius 2 is 2.29 bits per heavy atom. The van der Waals surface area contributed by atoms with Crippen LogP contribution in [0.25, 0.3) is 0 Å². The summed E-state index contributed by atoms with van der Waals surface area (Å²) in [6, 6.07) is 5.43. The van der Waals surface area contributed by atoms with Gasteiger partial charge in [-0.25, -0.2) is 4.79 Å². The highest BCUT2D eigenvalue weighted by atomic mass is 16.4. The zero-order valence-electron chi connectivity index (χ0n) is 12.1. The molecule has 0 atom stereocenters. The van der Waals surface area contributed by atoms with Gasteiger partial charge in [-0.15, -0.1) is 0 Å². The van der Waals surface area contributed by atoms with Crippen molar-refractivity contribution in [3.63, 3.8) is 0 Å². The lowest BCUT2D eigenvalue weighted by molar-refractivity contribution is 0.0697. The van der Waals surface area contributed by atoms with Gasteiger partial charge in [0.15, 0.2) is 0 Å². The van der Waals surface area contributed by atoms with Crippen LogP contribution >= 0.6 is 0 Å². The van der Waals surface area contributed by atoms with E-state index >= 15 is 0 Å². The molecule has 0 unspecified atom stereocenters. The van der Waals surface area contributed by atoms with Crippen molar-refractivity contribution in [3.8, 4) is 0 Å².